The number of aliphatic hydroxyl groups is 1. The zero-order valence-corrected chi connectivity index (χ0v) is 12.0. The Hall–Kier alpha value is -1.55. The number of aliphatic hydroxyl groups excluding tert-OH is 1. The summed E-state index contributed by atoms with van der Waals surface area (Å²) in [5.74, 6) is 0.818. The van der Waals surface area contributed by atoms with E-state index in [-0.39, 0.29) is 5.91 Å². The van der Waals surface area contributed by atoms with Crippen molar-refractivity contribution < 1.29 is 14.6 Å². The third-order valence-electron chi connectivity index (χ3n) is 4.00. The summed E-state index contributed by atoms with van der Waals surface area (Å²) in [7, 11) is 1.57. The molecule has 2 N–H and O–H groups in total. The Bertz CT molecular complexity index is 441. The lowest BCUT2D eigenvalue weighted by Gasteiger charge is -2.26. The number of rotatable bonds is 5. The molecule has 1 saturated carbocycles. The molecule has 1 amide bonds. The van der Waals surface area contributed by atoms with Crippen molar-refractivity contribution in [3.8, 4) is 5.75 Å². The Labute approximate surface area is 120 Å². The molecule has 0 radical (unpaired) electrons. The first-order chi connectivity index (χ1) is 9.70. The van der Waals surface area contributed by atoms with Crippen LogP contribution >= 0.6 is 0 Å². The first kappa shape index (κ1) is 14.9. The zero-order valence-electron chi connectivity index (χ0n) is 12.0. The monoisotopic (exact) mass is 277 g/mol. The molecule has 1 aromatic carbocycles. The van der Waals surface area contributed by atoms with Crippen LogP contribution in [-0.2, 0) is 0 Å². The molecule has 1 aliphatic rings. The highest BCUT2D eigenvalue weighted by atomic mass is 16.5. The van der Waals surface area contributed by atoms with Crippen LogP contribution in [-0.4, -0.2) is 30.8 Å². The Kier molecular flexibility index (Phi) is 5.41. The van der Waals surface area contributed by atoms with E-state index in [2.05, 4.69) is 5.32 Å². The number of nitrogens with one attached hydrogen (secondary N) is 1. The van der Waals surface area contributed by atoms with E-state index >= 15 is 0 Å². The maximum Gasteiger partial charge on any atom is 0.251 e. The Morgan fingerprint density at radius 3 is 2.85 bits per heavy atom. The Morgan fingerprint density at radius 1 is 1.40 bits per heavy atom. The molecule has 0 bridgehead atoms. The molecule has 0 aromatic heterocycles. The van der Waals surface area contributed by atoms with Crippen LogP contribution in [0.5, 0.6) is 5.75 Å². The minimum absolute atomic E-state index is 0.168. The van der Waals surface area contributed by atoms with Crippen molar-refractivity contribution in [2.45, 2.75) is 38.2 Å². The molecule has 0 unspecified atom stereocenters. The van der Waals surface area contributed by atoms with Crippen LogP contribution in [0.25, 0.3) is 0 Å². The van der Waals surface area contributed by atoms with Crippen LogP contribution in [0, 0.1) is 5.92 Å². The number of amides is 1. The Morgan fingerprint density at radius 2 is 2.15 bits per heavy atom. The number of carbonyl (C=O) groups is 1. The summed E-state index contributed by atoms with van der Waals surface area (Å²) in [6.45, 7) is 0.320. The second-order valence-corrected chi connectivity index (χ2v) is 5.41. The van der Waals surface area contributed by atoms with E-state index in [1.807, 2.05) is 0 Å². The SMILES string of the molecule is COc1cccc(C(=O)NC[C@@H](O)C2CCCCC2)c1. The lowest BCUT2D eigenvalue weighted by molar-refractivity contribution is 0.0738. The molecule has 0 heterocycles. The van der Waals surface area contributed by atoms with Gasteiger partial charge in [-0.3, -0.25) is 4.79 Å². The summed E-state index contributed by atoms with van der Waals surface area (Å²) >= 11 is 0. The fraction of sp³-hybridized carbons (Fsp3) is 0.562. The number of methoxy groups -OCH3 is 1. The van der Waals surface area contributed by atoms with E-state index in [0.29, 0.717) is 23.8 Å². The van der Waals surface area contributed by atoms with Crippen molar-refractivity contribution in [3.05, 3.63) is 29.8 Å². The molecule has 110 valence electrons. The molecular formula is C16H23NO3. The van der Waals surface area contributed by atoms with Gasteiger partial charge in [0.2, 0.25) is 0 Å². The largest absolute Gasteiger partial charge is 0.497 e. The molecule has 0 aliphatic heterocycles. The van der Waals surface area contributed by atoms with Crippen molar-refractivity contribution in [1.82, 2.24) is 5.32 Å². The summed E-state index contributed by atoms with van der Waals surface area (Å²) in [5.41, 5.74) is 0.556. The maximum atomic E-state index is 12.0. The first-order valence-electron chi connectivity index (χ1n) is 7.31. The molecule has 0 spiro atoms. The van der Waals surface area contributed by atoms with Crippen molar-refractivity contribution in [3.63, 3.8) is 0 Å². The van der Waals surface area contributed by atoms with Gasteiger partial charge in [-0.2, -0.15) is 0 Å². The number of ether oxygens (including phenoxy) is 1. The number of hydrogen-bond donors (Lipinski definition) is 2. The topological polar surface area (TPSA) is 58.6 Å². The molecule has 1 atom stereocenters. The predicted octanol–water partition coefficient (Wildman–Crippen LogP) is 2.37. The zero-order chi connectivity index (χ0) is 14.4. The predicted molar refractivity (Wildman–Crippen MR) is 77.9 cm³/mol. The van der Waals surface area contributed by atoms with Crippen LogP contribution in [0.15, 0.2) is 24.3 Å². The molecule has 1 fully saturated rings. The minimum Gasteiger partial charge on any atom is -0.497 e. The highest BCUT2D eigenvalue weighted by Gasteiger charge is 2.22. The smallest absolute Gasteiger partial charge is 0.251 e. The average molecular weight is 277 g/mol. The fourth-order valence-corrected chi connectivity index (χ4v) is 2.75. The van der Waals surface area contributed by atoms with E-state index in [9.17, 15) is 9.90 Å². The summed E-state index contributed by atoms with van der Waals surface area (Å²) in [6, 6.07) is 7.02. The highest BCUT2D eigenvalue weighted by molar-refractivity contribution is 5.94. The molecule has 20 heavy (non-hydrogen) atoms. The van der Waals surface area contributed by atoms with Gasteiger partial charge in [-0.15, -0.1) is 0 Å². The van der Waals surface area contributed by atoms with E-state index in [1.54, 1.807) is 31.4 Å². The first-order valence-corrected chi connectivity index (χ1v) is 7.31. The van der Waals surface area contributed by atoms with Gasteiger partial charge in [-0.1, -0.05) is 25.3 Å². The lowest BCUT2D eigenvalue weighted by atomic mass is 9.85. The van der Waals surface area contributed by atoms with Gasteiger partial charge in [0, 0.05) is 12.1 Å². The van der Waals surface area contributed by atoms with Crippen LogP contribution in [0.1, 0.15) is 42.5 Å². The van der Waals surface area contributed by atoms with Gasteiger partial charge < -0.3 is 15.2 Å². The Balaban J connectivity index is 1.84. The summed E-state index contributed by atoms with van der Waals surface area (Å²) in [5, 5.41) is 12.9. The fourth-order valence-electron chi connectivity index (χ4n) is 2.75. The molecule has 1 aliphatic carbocycles. The number of hydrogen-bond acceptors (Lipinski definition) is 3. The van der Waals surface area contributed by atoms with Gasteiger partial charge in [0.1, 0.15) is 5.75 Å². The molecule has 4 nitrogen and oxygen atoms in total. The highest BCUT2D eigenvalue weighted by Crippen LogP contribution is 2.26. The quantitative estimate of drug-likeness (QED) is 0.868. The van der Waals surface area contributed by atoms with E-state index in [4.69, 9.17) is 4.74 Å². The molecule has 0 saturated heterocycles. The third kappa shape index (κ3) is 3.97. The third-order valence-corrected chi connectivity index (χ3v) is 4.00. The van der Waals surface area contributed by atoms with Crippen molar-refractivity contribution in [2.24, 2.45) is 5.92 Å². The minimum atomic E-state index is -0.440. The number of benzene rings is 1. The lowest BCUT2D eigenvalue weighted by Crippen LogP contribution is -2.37. The molecular weight excluding hydrogens is 254 g/mol. The van der Waals surface area contributed by atoms with Crippen molar-refractivity contribution in [1.29, 1.82) is 0 Å². The summed E-state index contributed by atoms with van der Waals surface area (Å²) < 4.78 is 5.10. The van der Waals surface area contributed by atoms with Crippen molar-refractivity contribution >= 4 is 5.91 Å². The summed E-state index contributed by atoms with van der Waals surface area (Å²) in [4.78, 5) is 12.0. The van der Waals surface area contributed by atoms with Gasteiger partial charge in [0.05, 0.1) is 13.2 Å². The molecule has 4 heteroatoms. The summed E-state index contributed by atoms with van der Waals surface area (Å²) in [6.07, 6.45) is 5.33. The van der Waals surface area contributed by atoms with Crippen LogP contribution in [0.4, 0.5) is 0 Å². The second-order valence-electron chi connectivity index (χ2n) is 5.41. The molecule has 1 aromatic rings. The number of carbonyl (C=O) groups excluding carboxylic acids is 1. The van der Waals surface area contributed by atoms with Gasteiger partial charge in [0.15, 0.2) is 0 Å². The van der Waals surface area contributed by atoms with Crippen molar-refractivity contribution in [2.75, 3.05) is 13.7 Å². The maximum absolute atomic E-state index is 12.0. The van der Waals surface area contributed by atoms with Crippen LogP contribution in [0.3, 0.4) is 0 Å². The second kappa shape index (κ2) is 7.29. The average Bonchev–Trinajstić information content (AvgIpc) is 2.53. The van der Waals surface area contributed by atoms with Crippen LogP contribution < -0.4 is 10.1 Å². The molecule has 2 rings (SSSR count). The van der Waals surface area contributed by atoms with Gasteiger partial charge in [-0.25, -0.2) is 0 Å². The van der Waals surface area contributed by atoms with E-state index in [1.165, 1.54) is 19.3 Å². The standard InChI is InChI=1S/C16H23NO3/c1-20-14-9-5-8-13(10-14)16(19)17-11-15(18)12-6-3-2-4-7-12/h5,8-10,12,15,18H,2-4,6-7,11H2,1H3,(H,17,19)/t15-/m1/s1. The van der Waals surface area contributed by atoms with Crippen LogP contribution in [0.2, 0.25) is 0 Å². The van der Waals surface area contributed by atoms with E-state index < -0.39 is 6.10 Å². The normalized spacial score (nSPS) is 17.5. The van der Waals surface area contributed by atoms with E-state index in [0.717, 1.165) is 12.8 Å². The van der Waals surface area contributed by atoms with Gasteiger partial charge in [-0.05, 0) is 37.0 Å². The van der Waals surface area contributed by atoms with Gasteiger partial charge >= 0.3 is 0 Å². The van der Waals surface area contributed by atoms with Gasteiger partial charge in [0.25, 0.3) is 5.91 Å².